The van der Waals surface area contributed by atoms with Crippen LogP contribution in [-0.4, -0.2) is 12.1 Å². The largest absolute Gasteiger partial charge is 0.308 e. The molecule has 0 unspecified atom stereocenters. The smallest absolute Gasteiger partial charge is 0.278 e. The molecule has 3 nitrogen and oxygen atoms in total. The molecule has 12 heavy (non-hydrogen) atoms. The van der Waals surface area contributed by atoms with Crippen molar-refractivity contribution in [2.45, 2.75) is 0 Å². The Morgan fingerprint density at radius 1 is 1.58 bits per heavy atom. The highest BCUT2D eigenvalue weighted by molar-refractivity contribution is 5.95. The highest BCUT2D eigenvalue weighted by Gasteiger charge is 2.03. The summed E-state index contributed by atoms with van der Waals surface area (Å²) in [6.07, 6.45) is 1.09. The minimum atomic E-state index is -0.793. The van der Waals surface area contributed by atoms with Crippen LogP contribution < -0.4 is 5.54 Å². The van der Waals surface area contributed by atoms with Crippen molar-refractivity contribution < 1.29 is 9.28 Å². The van der Waals surface area contributed by atoms with E-state index >= 15 is 0 Å². The maximum Gasteiger partial charge on any atom is 0.278 e. The first-order chi connectivity index (χ1) is 5.77. The normalized spacial score (nSPS) is 9.08. The molecular formula is C8H7FN2O. The fourth-order valence-corrected chi connectivity index (χ4v) is 0.824. The van der Waals surface area contributed by atoms with Crippen molar-refractivity contribution in [2.24, 2.45) is 0 Å². The molecule has 1 rings (SSSR count). The number of halogens is 1. The van der Waals surface area contributed by atoms with Crippen molar-refractivity contribution in [3.63, 3.8) is 0 Å². The maximum absolute atomic E-state index is 11.7. The second-order valence-corrected chi connectivity index (χ2v) is 2.19. The highest BCUT2D eigenvalue weighted by atomic mass is 19.2. The number of hydrogen-bond donors (Lipinski definition) is 2. The van der Waals surface area contributed by atoms with Crippen LogP contribution in [0.5, 0.6) is 0 Å². The van der Waals surface area contributed by atoms with Gasteiger partial charge >= 0.3 is 0 Å². The van der Waals surface area contributed by atoms with E-state index in [-0.39, 0.29) is 5.56 Å². The van der Waals surface area contributed by atoms with Crippen LogP contribution in [0.15, 0.2) is 24.3 Å². The summed E-state index contributed by atoms with van der Waals surface area (Å²) in [7, 11) is 0. The van der Waals surface area contributed by atoms with Crippen LogP contribution in [0.25, 0.3) is 0 Å². The Morgan fingerprint density at radius 3 is 2.92 bits per heavy atom. The van der Waals surface area contributed by atoms with E-state index in [0.717, 1.165) is 11.8 Å². The predicted octanol–water partition coefficient (Wildman–Crippen LogP) is 1.30. The highest BCUT2D eigenvalue weighted by Crippen LogP contribution is 2.02. The molecule has 0 saturated heterocycles. The van der Waals surface area contributed by atoms with E-state index in [1.54, 1.807) is 12.1 Å². The van der Waals surface area contributed by atoms with Crippen molar-refractivity contribution in [1.29, 1.82) is 5.41 Å². The number of hydrogen-bond acceptors (Lipinski definition) is 2. The number of amides is 1. The van der Waals surface area contributed by atoms with Crippen molar-refractivity contribution >= 4 is 12.1 Å². The first-order valence-corrected chi connectivity index (χ1v) is 3.29. The summed E-state index contributed by atoms with van der Waals surface area (Å²) in [6, 6.07) is 6.15. The molecule has 2 N–H and O–H groups in total. The summed E-state index contributed by atoms with van der Waals surface area (Å²) in [5.41, 5.74) is 1.79. The molecule has 1 aromatic carbocycles. The summed E-state index contributed by atoms with van der Waals surface area (Å²) < 4.78 is 11.7. The van der Waals surface area contributed by atoms with Gasteiger partial charge in [0.2, 0.25) is 0 Å². The van der Waals surface area contributed by atoms with E-state index < -0.39 is 5.91 Å². The van der Waals surface area contributed by atoms with E-state index in [0.29, 0.717) is 5.56 Å². The van der Waals surface area contributed by atoms with Gasteiger partial charge in [-0.05, 0) is 17.7 Å². The third-order valence-corrected chi connectivity index (χ3v) is 1.40. The first kappa shape index (κ1) is 8.39. The molecule has 0 fully saturated rings. The Morgan fingerprint density at radius 2 is 2.33 bits per heavy atom. The average molecular weight is 166 g/mol. The Hall–Kier alpha value is -1.71. The summed E-state index contributed by atoms with van der Waals surface area (Å²) >= 11 is 0. The van der Waals surface area contributed by atoms with Gasteiger partial charge in [0.25, 0.3) is 5.91 Å². The molecule has 0 aliphatic heterocycles. The van der Waals surface area contributed by atoms with Crippen molar-refractivity contribution in [3.05, 3.63) is 35.4 Å². The predicted molar refractivity (Wildman–Crippen MR) is 42.9 cm³/mol. The van der Waals surface area contributed by atoms with E-state index in [4.69, 9.17) is 5.41 Å². The third kappa shape index (κ3) is 1.66. The zero-order chi connectivity index (χ0) is 8.97. The second-order valence-electron chi connectivity index (χ2n) is 2.19. The van der Waals surface area contributed by atoms with Crippen molar-refractivity contribution in [3.8, 4) is 0 Å². The van der Waals surface area contributed by atoms with Gasteiger partial charge < -0.3 is 5.41 Å². The van der Waals surface area contributed by atoms with Gasteiger partial charge in [0.05, 0.1) is 0 Å². The van der Waals surface area contributed by atoms with Gasteiger partial charge in [-0.25, -0.2) is 0 Å². The summed E-state index contributed by atoms with van der Waals surface area (Å²) in [5, 5.41) is 6.89. The first-order valence-electron chi connectivity index (χ1n) is 3.29. The summed E-state index contributed by atoms with van der Waals surface area (Å²) in [6.45, 7) is 0. The molecule has 0 saturated carbocycles. The fourth-order valence-electron chi connectivity index (χ4n) is 0.824. The minimum Gasteiger partial charge on any atom is -0.308 e. The summed E-state index contributed by atoms with van der Waals surface area (Å²) in [5.74, 6) is -0.793. The van der Waals surface area contributed by atoms with Crippen LogP contribution in [0, 0.1) is 5.41 Å². The molecule has 0 aromatic heterocycles. The molecule has 4 heteroatoms. The van der Waals surface area contributed by atoms with Crippen LogP contribution in [0.1, 0.15) is 15.9 Å². The third-order valence-electron chi connectivity index (χ3n) is 1.40. The topological polar surface area (TPSA) is 53.0 Å². The molecular weight excluding hydrogens is 159 g/mol. The lowest BCUT2D eigenvalue weighted by Gasteiger charge is -1.97. The number of benzene rings is 1. The van der Waals surface area contributed by atoms with Crippen LogP contribution in [0.4, 0.5) is 4.48 Å². The van der Waals surface area contributed by atoms with Gasteiger partial charge in [-0.1, -0.05) is 16.6 Å². The second kappa shape index (κ2) is 3.61. The Labute approximate surface area is 68.7 Å². The van der Waals surface area contributed by atoms with Crippen molar-refractivity contribution in [1.82, 2.24) is 5.54 Å². The molecule has 62 valence electrons. The van der Waals surface area contributed by atoms with Gasteiger partial charge in [-0.3, -0.25) is 4.79 Å². The standard InChI is InChI=1S/C8H7FN2O/c9-11-8(12)7-3-1-2-6(4-7)5-10/h1-5,10H,(H,11,12). The molecule has 0 aliphatic rings. The monoisotopic (exact) mass is 166 g/mol. The zero-order valence-electron chi connectivity index (χ0n) is 6.17. The number of carbonyl (C=O) groups is 1. The number of nitrogens with one attached hydrogen (secondary N) is 2. The number of rotatable bonds is 2. The van der Waals surface area contributed by atoms with Crippen LogP contribution in [0.2, 0.25) is 0 Å². The van der Waals surface area contributed by atoms with Gasteiger partial charge in [-0.2, -0.15) is 5.54 Å². The quantitative estimate of drug-likeness (QED) is 0.505. The van der Waals surface area contributed by atoms with Crippen LogP contribution in [-0.2, 0) is 0 Å². The van der Waals surface area contributed by atoms with Crippen molar-refractivity contribution in [2.75, 3.05) is 0 Å². The van der Waals surface area contributed by atoms with Gasteiger partial charge in [0, 0.05) is 11.8 Å². The molecule has 1 amide bonds. The van der Waals surface area contributed by atoms with E-state index in [1.165, 1.54) is 12.1 Å². The van der Waals surface area contributed by atoms with E-state index in [2.05, 4.69) is 0 Å². The lowest BCUT2D eigenvalue weighted by atomic mass is 10.1. The molecule has 0 bridgehead atoms. The van der Waals surface area contributed by atoms with Gasteiger partial charge in [0.15, 0.2) is 0 Å². The molecule has 0 heterocycles. The van der Waals surface area contributed by atoms with Gasteiger partial charge in [-0.15, -0.1) is 0 Å². The zero-order valence-corrected chi connectivity index (χ0v) is 6.17. The van der Waals surface area contributed by atoms with Gasteiger partial charge in [0.1, 0.15) is 0 Å². The number of carbonyl (C=O) groups excluding carboxylic acids is 1. The maximum atomic E-state index is 11.7. The molecule has 1 aromatic rings. The lowest BCUT2D eigenvalue weighted by molar-refractivity contribution is 0.0859. The molecule has 0 atom stereocenters. The Balaban J connectivity index is 3.01. The van der Waals surface area contributed by atoms with E-state index in [9.17, 15) is 9.28 Å². The van der Waals surface area contributed by atoms with E-state index in [1.807, 2.05) is 0 Å². The fraction of sp³-hybridized carbons (Fsp3) is 0. The molecule has 0 spiro atoms. The molecule has 0 aliphatic carbocycles. The Kier molecular flexibility index (Phi) is 2.53. The SMILES string of the molecule is N=Cc1cccc(C(=O)NF)c1. The minimum absolute atomic E-state index is 0.207. The van der Waals surface area contributed by atoms with Crippen LogP contribution >= 0.6 is 0 Å². The average Bonchev–Trinajstić information content (AvgIpc) is 2.17. The lowest BCUT2D eigenvalue weighted by Crippen LogP contribution is -2.13. The summed E-state index contributed by atoms with van der Waals surface area (Å²) in [4.78, 5) is 10.7. The Bertz CT molecular complexity index is 312. The molecule has 0 radical (unpaired) electrons. The van der Waals surface area contributed by atoms with Crippen LogP contribution in [0.3, 0.4) is 0 Å².